The molecule has 0 amide bonds. The van der Waals surface area contributed by atoms with Crippen LogP contribution >= 0.6 is 0 Å². The van der Waals surface area contributed by atoms with Crippen molar-refractivity contribution >= 4 is 6.85 Å². The Morgan fingerprint density at radius 2 is 2.30 bits per heavy atom. The summed E-state index contributed by atoms with van der Waals surface area (Å²) in [5.41, 5.74) is 0. The third-order valence-electron chi connectivity index (χ3n) is 2.18. The van der Waals surface area contributed by atoms with Gasteiger partial charge in [0.1, 0.15) is 0 Å². The molecule has 2 heteroatoms. The topological polar surface area (TPSA) is 3.24 Å². The first-order chi connectivity index (χ1) is 4.75. The molecule has 1 rings (SSSR count). The molecule has 0 N–H and O–H groups in total. The van der Waals surface area contributed by atoms with Crippen LogP contribution in [0.3, 0.4) is 0 Å². The van der Waals surface area contributed by atoms with Crippen molar-refractivity contribution in [1.82, 2.24) is 4.81 Å². The second-order valence-corrected chi connectivity index (χ2v) is 3.25. The smallest absolute Gasteiger partial charge is 0.252 e. The zero-order valence-electron chi connectivity index (χ0n) is 7.17. The van der Waals surface area contributed by atoms with E-state index in [-0.39, 0.29) is 0 Å². The molecule has 1 nitrogen and oxygen atoms in total. The van der Waals surface area contributed by atoms with Gasteiger partial charge in [0.2, 0.25) is 0 Å². The van der Waals surface area contributed by atoms with E-state index in [2.05, 4.69) is 37.6 Å². The number of rotatable bonds is 2. The summed E-state index contributed by atoms with van der Waals surface area (Å²) >= 11 is 0. The van der Waals surface area contributed by atoms with Crippen LogP contribution in [0, 0.1) is 0 Å². The van der Waals surface area contributed by atoms with Gasteiger partial charge in [0.25, 0.3) is 6.85 Å². The Morgan fingerprint density at radius 3 is 2.70 bits per heavy atom. The molecule has 0 aliphatic carbocycles. The van der Waals surface area contributed by atoms with E-state index in [0.29, 0.717) is 6.85 Å². The molecule has 0 spiro atoms. The van der Waals surface area contributed by atoms with Crippen molar-refractivity contribution in [3.63, 3.8) is 0 Å². The summed E-state index contributed by atoms with van der Waals surface area (Å²) in [4.78, 5) is 2.49. The second-order valence-electron chi connectivity index (χ2n) is 3.25. The molecule has 10 heavy (non-hydrogen) atoms. The maximum Gasteiger partial charge on any atom is 0.252 e. The summed E-state index contributed by atoms with van der Waals surface area (Å²) in [6.45, 7) is 9.81. The van der Waals surface area contributed by atoms with Gasteiger partial charge in [-0.2, -0.15) is 0 Å². The SMILES string of the molecule is CCN1CC=CB1C(C)C. The predicted molar refractivity (Wildman–Crippen MR) is 47.2 cm³/mol. The lowest BCUT2D eigenvalue weighted by Crippen LogP contribution is -2.36. The second kappa shape index (κ2) is 3.24. The Bertz CT molecular complexity index is 131. The Kier molecular flexibility index (Phi) is 2.55. The first-order valence-corrected chi connectivity index (χ1v) is 4.16. The molecule has 0 saturated heterocycles. The summed E-state index contributed by atoms with van der Waals surface area (Å²) in [7, 11) is 0. The quantitative estimate of drug-likeness (QED) is 0.524. The maximum absolute atomic E-state index is 2.49. The minimum atomic E-state index is 0.699. The van der Waals surface area contributed by atoms with Crippen molar-refractivity contribution in [2.75, 3.05) is 13.1 Å². The lowest BCUT2D eigenvalue weighted by atomic mass is 9.52. The average molecular weight is 137 g/mol. The molecule has 1 heterocycles. The maximum atomic E-state index is 2.49. The van der Waals surface area contributed by atoms with Crippen LogP contribution in [0.1, 0.15) is 20.8 Å². The molecule has 0 aromatic rings. The van der Waals surface area contributed by atoms with Crippen LogP contribution in [-0.4, -0.2) is 24.7 Å². The summed E-state index contributed by atoms with van der Waals surface area (Å²) in [5, 5.41) is 0. The zero-order valence-corrected chi connectivity index (χ0v) is 7.17. The number of likely N-dealkylation sites (N-methyl/N-ethyl adjacent to an activating group) is 1. The van der Waals surface area contributed by atoms with Crippen LogP contribution in [-0.2, 0) is 0 Å². The van der Waals surface area contributed by atoms with Gasteiger partial charge < -0.3 is 4.81 Å². The lowest BCUT2D eigenvalue weighted by Gasteiger charge is -2.22. The molecule has 0 aromatic carbocycles. The van der Waals surface area contributed by atoms with Gasteiger partial charge in [-0.3, -0.25) is 0 Å². The average Bonchev–Trinajstić information content (AvgIpc) is 2.33. The minimum Gasteiger partial charge on any atom is -0.335 e. The standard InChI is InChI=1S/C8H16BN/c1-4-10-7-5-6-9(10)8(2)3/h5-6,8H,4,7H2,1-3H3. The zero-order chi connectivity index (χ0) is 7.56. The van der Waals surface area contributed by atoms with Crippen LogP contribution < -0.4 is 0 Å². The molecule has 1 aliphatic rings. The van der Waals surface area contributed by atoms with Crippen LogP contribution in [0.15, 0.2) is 12.1 Å². The largest absolute Gasteiger partial charge is 0.335 e. The number of nitrogens with zero attached hydrogens (tertiary/aromatic N) is 1. The van der Waals surface area contributed by atoms with E-state index in [1.807, 2.05) is 0 Å². The third kappa shape index (κ3) is 1.43. The van der Waals surface area contributed by atoms with Gasteiger partial charge in [-0.25, -0.2) is 0 Å². The summed E-state index contributed by atoms with van der Waals surface area (Å²) in [6.07, 6.45) is 2.27. The molecular formula is C8H16BN. The van der Waals surface area contributed by atoms with Crippen LogP contribution in [0.4, 0.5) is 0 Å². The Labute approximate surface area is 64.2 Å². The molecule has 0 bridgehead atoms. The van der Waals surface area contributed by atoms with E-state index >= 15 is 0 Å². The van der Waals surface area contributed by atoms with E-state index in [9.17, 15) is 0 Å². The van der Waals surface area contributed by atoms with Crippen molar-refractivity contribution in [3.8, 4) is 0 Å². The fourth-order valence-corrected chi connectivity index (χ4v) is 1.56. The molecule has 56 valence electrons. The van der Waals surface area contributed by atoms with Gasteiger partial charge in [0, 0.05) is 6.54 Å². The summed E-state index contributed by atoms with van der Waals surface area (Å²) in [5.74, 6) is 3.09. The first kappa shape index (κ1) is 7.87. The molecule has 0 saturated carbocycles. The highest BCUT2D eigenvalue weighted by Crippen LogP contribution is 2.16. The fourth-order valence-electron chi connectivity index (χ4n) is 1.56. The summed E-state index contributed by atoms with van der Waals surface area (Å²) in [6, 6.07) is 0. The molecule has 0 aromatic heterocycles. The third-order valence-corrected chi connectivity index (χ3v) is 2.18. The van der Waals surface area contributed by atoms with Crippen molar-refractivity contribution in [1.29, 1.82) is 0 Å². The van der Waals surface area contributed by atoms with Crippen LogP contribution in [0.2, 0.25) is 5.82 Å². The van der Waals surface area contributed by atoms with Gasteiger partial charge in [0.15, 0.2) is 0 Å². The fraction of sp³-hybridized carbons (Fsp3) is 0.750. The highest BCUT2D eigenvalue weighted by molar-refractivity contribution is 6.63. The Morgan fingerprint density at radius 1 is 1.60 bits per heavy atom. The van der Waals surface area contributed by atoms with Gasteiger partial charge in [0.05, 0.1) is 0 Å². The van der Waals surface area contributed by atoms with Crippen LogP contribution in [0.25, 0.3) is 0 Å². The lowest BCUT2D eigenvalue weighted by molar-refractivity contribution is 0.511. The van der Waals surface area contributed by atoms with E-state index in [1.165, 1.54) is 6.54 Å². The predicted octanol–water partition coefficient (Wildman–Crippen LogP) is 1.82. The highest BCUT2D eigenvalue weighted by Gasteiger charge is 2.24. The van der Waals surface area contributed by atoms with E-state index in [0.717, 1.165) is 12.4 Å². The van der Waals surface area contributed by atoms with E-state index in [4.69, 9.17) is 0 Å². The van der Waals surface area contributed by atoms with Gasteiger partial charge in [-0.05, 0) is 12.4 Å². The molecular weight excluding hydrogens is 121 g/mol. The normalized spacial score (nSPS) is 19.4. The molecule has 0 unspecified atom stereocenters. The van der Waals surface area contributed by atoms with Gasteiger partial charge >= 0.3 is 0 Å². The van der Waals surface area contributed by atoms with Gasteiger partial charge in [-0.15, -0.1) is 5.98 Å². The molecule has 1 aliphatic heterocycles. The number of hydrogen-bond donors (Lipinski definition) is 0. The Balaban J connectivity index is 2.49. The van der Waals surface area contributed by atoms with E-state index < -0.39 is 0 Å². The minimum absolute atomic E-state index is 0.699. The highest BCUT2D eigenvalue weighted by atomic mass is 15.1. The van der Waals surface area contributed by atoms with Gasteiger partial charge in [-0.1, -0.05) is 26.8 Å². The monoisotopic (exact) mass is 137 g/mol. The Hall–Kier alpha value is -0.235. The first-order valence-electron chi connectivity index (χ1n) is 4.16. The van der Waals surface area contributed by atoms with E-state index in [1.54, 1.807) is 0 Å². The van der Waals surface area contributed by atoms with Crippen molar-refractivity contribution < 1.29 is 0 Å². The van der Waals surface area contributed by atoms with Crippen molar-refractivity contribution in [2.45, 2.75) is 26.6 Å². The molecule has 0 atom stereocenters. The van der Waals surface area contributed by atoms with Crippen LogP contribution in [0.5, 0.6) is 0 Å². The summed E-state index contributed by atoms with van der Waals surface area (Å²) < 4.78 is 0. The molecule has 0 fully saturated rings. The van der Waals surface area contributed by atoms with Crippen molar-refractivity contribution in [2.24, 2.45) is 0 Å². The molecule has 0 radical (unpaired) electrons. The number of hydrogen-bond acceptors (Lipinski definition) is 1. The van der Waals surface area contributed by atoms with Crippen molar-refractivity contribution in [3.05, 3.63) is 12.1 Å².